The van der Waals surface area contributed by atoms with Gasteiger partial charge in [0.25, 0.3) is 0 Å². The van der Waals surface area contributed by atoms with Gasteiger partial charge >= 0.3 is 0 Å². The fourth-order valence-electron chi connectivity index (χ4n) is 2.60. The minimum Gasteiger partial charge on any atom is -0.394 e. The van der Waals surface area contributed by atoms with E-state index in [0.717, 1.165) is 11.3 Å². The Morgan fingerprint density at radius 1 is 0.963 bits per heavy atom. The topological polar surface area (TPSA) is 83.0 Å². The van der Waals surface area contributed by atoms with Crippen molar-refractivity contribution in [2.45, 2.75) is 26.8 Å². The molecule has 0 aliphatic heterocycles. The second-order valence-corrected chi connectivity index (χ2v) is 7.43. The average molecular weight is 363 g/mol. The lowest BCUT2D eigenvalue weighted by Crippen LogP contribution is -2.37. The maximum Gasteiger partial charge on any atom is 0.163 e. The molecule has 3 aromatic rings. The summed E-state index contributed by atoms with van der Waals surface area (Å²) in [6.07, 6.45) is 3.45. The molecule has 1 atom stereocenters. The number of hydrogen-bond donors (Lipinski definition) is 3. The molecule has 0 saturated carbocycles. The molecule has 0 fully saturated rings. The summed E-state index contributed by atoms with van der Waals surface area (Å²) in [6.45, 7) is 6.25. The van der Waals surface area contributed by atoms with Gasteiger partial charge in [0.2, 0.25) is 0 Å². The Kier molecular flexibility index (Phi) is 5.66. The third kappa shape index (κ3) is 5.01. The number of aromatic nitrogens is 3. The molecule has 140 valence electrons. The summed E-state index contributed by atoms with van der Waals surface area (Å²) in [7, 11) is 0. The second-order valence-electron chi connectivity index (χ2n) is 7.43. The summed E-state index contributed by atoms with van der Waals surface area (Å²) in [5.74, 6) is 1.94. The number of pyridine rings is 1. The molecular weight excluding hydrogens is 338 g/mol. The zero-order valence-corrected chi connectivity index (χ0v) is 15.8. The van der Waals surface area contributed by atoms with Gasteiger partial charge in [-0.2, -0.15) is 0 Å². The van der Waals surface area contributed by atoms with Gasteiger partial charge < -0.3 is 15.7 Å². The van der Waals surface area contributed by atoms with Crippen LogP contribution >= 0.6 is 0 Å². The number of hydrogen-bond acceptors (Lipinski definition) is 6. The Bertz CT molecular complexity index is 863. The van der Waals surface area contributed by atoms with E-state index in [-0.39, 0.29) is 18.1 Å². The number of nitrogens with zero attached hydrogens (tertiary/aromatic N) is 3. The first-order chi connectivity index (χ1) is 13.0. The van der Waals surface area contributed by atoms with Crippen LogP contribution in [0.2, 0.25) is 0 Å². The van der Waals surface area contributed by atoms with Crippen LogP contribution in [0.4, 0.5) is 17.3 Å². The fourth-order valence-corrected chi connectivity index (χ4v) is 2.60. The lowest BCUT2D eigenvalue weighted by atomic mass is 9.87. The molecule has 3 N–H and O–H groups in total. The highest BCUT2D eigenvalue weighted by atomic mass is 16.3. The molecule has 6 heteroatoms. The van der Waals surface area contributed by atoms with Gasteiger partial charge in [0, 0.05) is 29.7 Å². The van der Waals surface area contributed by atoms with Gasteiger partial charge in [-0.1, -0.05) is 51.1 Å². The van der Waals surface area contributed by atoms with Gasteiger partial charge in [0.1, 0.15) is 11.6 Å². The van der Waals surface area contributed by atoms with E-state index in [2.05, 4.69) is 46.4 Å². The summed E-state index contributed by atoms with van der Waals surface area (Å²) in [4.78, 5) is 13.3. The minimum atomic E-state index is -0.134. The van der Waals surface area contributed by atoms with E-state index in [4.69, 9.17) is 0 Å². The molecule has 0 aliphatic rings. The summed E-state index contributed by atoms with van der Waals surface area (Å²) >= 11 is 0. The number of rotatable bonds is 6. The molecule has 0 spiro atoms. The highest BCUT2D eigenvalue weighted by Gasteiger charge is 2.24. The molecule has 0 saturated heterocycles. The number of nitrogens with one attached hydrogen (secondary N) is 2. The predicted octanol–water partition coefficient (Wildman–Crippen LogP) is 4.10. The second kappa shape index (κ2) is 8.14. The maximum atomic E-state index is 9.79. The molecule has 1 aromatic carbocycles. The molecule has 6 nitrogen and oxygen atoms in total. The van der Waals surface area contributed by atoms with E-state index in [9.17, 15) is 5.11 Å². The molecule has 1 unspecified atom stereocenters. The zero-order chi connectivity index (χ0) is 19.3. The van der Waals surface area contributed by atoms with E-state index in [1.54, 1.807) is 12.4 Å². The van der Waals surface area contributed by atoms with Crippen molar-refractivity contribution in [3.8, 4) is 11.4 Å². The first-order valence-electron chi connectivity index (χ1n) is 8.94. The summed E-state index contributed by atoms with van der Waals surface area (Å²) in [5, 5.41) is 16.4. The summed E-state index contributed by atoms with van der Waals surface area (Å²) < 4.78 is 0. The van der Waals surface area contributed by atoms with Gasteiger partial charge in [0.15, 0.2) is 5.82 Å². The molecule has 0 radical (unpaired) electrons. The Balaban J connectivity index is 1.98. The van der Waals surface area contributed by atoms with Crippen molar-refractivity contribution in [1.29, 1.82) is 0 Å². The van der Waals surface area contributed by atoms with E-state index < -0.39 is 0 Å². The quantitative estimate of drug-likeness (QED) is 0.611. The van der Waals surface area contributed by atoms with Crippen LogP contribution in [0, 0.1) is 5.41 Å². The molecule has 0 bridgehead atoms. The molecule has 2 heterocycles. The van der Waals surface area contributed by atoms with E-state index in [0.29, 0.717) is 17.5 Å². The van der Waals surface area contributed by atoms with Crippen LogP contribution in [0.1, 0.15) is 20.8 Å². The van der Waals surface area contributed by atoms with Crippen molar-refractivity contribution in [3.63, 3.8) is 0 Å². The standard InChI is InChI=1S/C21H25N5O/c1-21(2,3)17(14-27)24-19-13-18(23-16-9-11-22-12-10-16)25-20(26-19)15-7-5-4-6-8-15/h4-13,17,27H,14H2,1-3H3,(H2,22,23,24,25,26). The van der Waals surface area contributed by atoms with E-state index in [1.807, 2.05) is 48.5 Å². The lowest BCUT2D eigenvalue weighted by Gasteiger charge is -2.30. The van der Waals surface area contributed by atoms with Crippen LogP contribution in [0.3, 0.4) is 0 Å². The lowest BCUT2D eigenvalue weighted by molar-refractivity contribution is 0.201. The van der Waals surface area contributed by atoms with E-state index >= 15 is 0 Å². The summed E-state index contributed by atoms with van der Waals surface area (Å²) in [5.41, 5.74) is 1.70. The molecule has 0 aliphatic carbocycles. The van der Waals surface area contributed by atoms with Gasteiger partial charge in [-0.3, -0.25) is 4.98 Å². The van der Waals surface area contributed by atoms with Crippen LogP contribution < -0.4 is 10.6 Å². The van der Waals surface area contributed by atoms with Crippen molar-refractivity contribution < 1.29 is 5.11 Å². The molecule has 3 rings (SSSR count). The van der Waals surface area contributed by atoms with Crippen molar-refractivity contribution >= 4 is 17.3 Å². The largest absolute Gasteiger partial charge is 0.394 e. The van der Waals surface area contributed by atoms with Crippen LogP contribution in [0.15, 0.2) is 60.9 Å². The Labute approximate surface area is 159 Å². The number of benzene rings is 1. The third-order valence-corrected chi connectivity index (χ3v) is 4.26. The van der Waals surface area contributed by atoms with Crippen molar-refractivity contribution in [1.82, 2.24) is 15.0 Å². The van der Waals surface area contributed by atoms with Crippen LogP contribution in [0.5, 0.6) is 0 Å². The number of aliphatic hydroxyl groups excluding tert-OH is 1. The van der Waals surface area contributed by atoms with Crippen LogP contribution in [-0.2, 0) is 0 Å². The van der Waals surface area contributed by atoms with Crippen molar-refractivity contribution in [3.05, 3.63) is 60.9 Å². The average Bonchev–Trinajstić information content (AvgIpc) is 2.66. The molecule has 27 heavy (non-hydrogen) atoms. The Hall–Kier alpha value is -2.99. The smallest absolute Gasteiger partial charge is 0.163 e. The monoisotopic (exact) mass is 363 g/mol. The van der Waals surface area contributed by atoms with Gasteiger partial charge in [-0.05, 0) is 17.5 Å². The SMILES string of the molecule is CC(C)(C)C(CO)Nc1cc(Nc2ccncc2)nc(-c2ccccc2)n1. The maximum absolute atomic E-state index is 9.79. The molecule has 0 amide bonds. The molecule has 2 aromatic heterocycles. The minimum absolute atomic E-state index is 0.0152. The number of anilines is 3. The van der Waals surface area contributed by atoms with Crippen molar-refractivity contribution in [2.24, 2.45) is 5.41 Å². The Morgan fingerprint density at radius 3 is 2.26 bits per heavy atom. The zero-order valence-electron chi connectivity index (χ0n) is 15.8. The molecular formula is C21H25N5O. The van der Waals surface area contributed by atoms with Crippen LogP contribution in [0.25, 0.3) is 11.4 Å². The van der Waals surface area contributed by atoms with E-state index in [1.165, 1.54) is 0 Å². The summed E-state index contributed by atoms with van der Waals surface area (Å²) in [6, 6.07) is 15.3. The fraction of sp³-hybridized carbons (Fsp3) is 0.286. The normalized spacial score (nSPS) is 12.4. The van der Waals surface area contributed by atoms with Gasteiger partial charge in [-0.25, -0.2) is 9.97 Å². The third-order valence-electron chi connectivity index (χ3n) is 4.26. The first-order valence-corrected chi connectivity index (χ1v) is 8.94. The highest BCUT2D eigenvalue weighted by Crippen LogP contribution is 2.26. The first kappa shape index (κ1) is 18.8. The van der Waals surface area contributed by atoms with Crippen LogP contribution in [-0.4, -0.2) is 32.7 Å². The predicted molar refractivity (Wildman–Crippen MR) is 109 cm³/mol. The highest BCUT2D eigenvalue weighted by molar-refractivity contribution is 5.65. The van der Waals surface area contributed by atoms with Gasteiger partial charge in [-0.15, -0.1) is 0 Å². The van der Waals surface area contributed by atoms with Crippen molar-refractivity contribution in [2.75, 3.05) is 17.2 Å². The number of aliphatic hydroxyl groups is 1. The van der Waals surface area contributed by atoms with Gasteiger partial charge in [0.05, 0.1) is 12.6 Å². The Morgan fingerprint density at radius 2 is 1.63 bits per heavy atom.